The van der Waals surface area contributed by atoms with Crippen molar-refractivity contribution in [1.82, 2.24) is 0 Å². The Hall–Kier alpha value is -2.47. The van der Waals surface area contributed by atoms with E-state index in [-0.39, 0.29) is 18.2 Å². The number of carbonyl (C=O) groups is 2. The Morgan fingerprint density at radius 1 is 1.12 bits per heavy atom. The van der Waals surface area contributed by atoms with Gasteiger partial charge in [-0.3, -0.25) is 9.59 Å². The molecule has 2 aromatic carbocycles. The summed E-state index contributed by atoms with van der Waals surface area (Å²) in [5.41, 5.74) is 3.89. The molecular formula is C19H18BrN3O2. The molecule has 0 spiro atoms. The highest BCUT2D eigenvalue weighted by atomic mass is 79.9. The number of rotatable bonds is 3. The molecule has 1 heterocycles. The summed E-state index contributed by atoms with van der Waals surface area (Å²) in [5.74, 6) is -0.395. The molecule has 0 aliphatic carbocycles. The quantitative estimate of drug-likeness (QED) is 0.840. The van der Waals surface area contributed by atoms with E-state index in [2.05, 4.69) is 26.3 Å². The summed E-state index contributed by atoms with van der Waals surface area (Å²) in [6.45, 7) is 3.96. The number of hydrogen-bond donors (Lipinski definition) is 1. The first-order valence-corrected chi connectivity index (χ1v) is 8.78. The van der Waals surface area contributed by atoms with Crippen LogP contribution < -0.4 is 10.3 Å². The molecule has 0 saturated heterocycles. The predicted molar refractivity (Wildman–Crippen MR) is 103 cm³/mol. The maximum absolute atomic E-state index is 12.6. The molecular weight excluding hydrogens is 382 g/mol. The van der Waals surface area contributed by atoms with Gasteiger partial charge in [0.05, 0.1) is 5.69 Å². The summed E-state index contributed by atoms with van der Waals surface area (Å²) in [6, 6.07) is 13.0. The second-order valence-electron chi connectivity index (χ2n) is 5.93. The zero-order valence-corrected chi connectivity index (χ0v) is 15.6. The fourth-order valence-corrected chi connectivity index (χ4v) is 2.85. The molecule has 0 saturated carbocycles. The van der Waals surface area contributed by atoms with Crippen LogP contribution >= 0.6 is 15.9 Å². The van der Waals surface area contributed by atoms with Crippen LogP contribution in [0.3, 0.4) is 0 Å². The number of aryl methyl sites for hydroxylation is 1. The fraction of sp³-hybridized carbons (Fsp3) is 0.211. The number of nitrogens with one attached hydrogen (secondary N) is 1. The molecule has 3 rings (SSSR count). The highest BCUT2D eigenvalue weighted by molar-refractivity contribution is 9.10. The topological polar surface area (TPSA) is 61.8 Å². The second kappa shape index (κ2) is 7.19. The minimum Gasteiger partial charge on any atom is -0.321 e. The van der Waals surface area contributed by atoms with E-state index < -0.39 is 0 Å². The summed E-state index contributed by atoms with van der Waals surface area (Å²) >= 11 is 3.37. The van der Waals surface area contributed by atoms with Gasteiger partial charge >= 0.3 is 0 Å². The highest BCUT2D eigenvalue weighted by Crippen LogP contribution is 2.23. The molecule has 1 aliphatic rings. The van der Waals surface area contributed by atoms with Crippen molar-refractivity contribution >= 4 is 44.8 Å². The summed E-state index contributed by atoms with van der Waals surface area (Å²) in [6.07, 6.45) is 0.595. The van der Waals surface area contributed by atoms with E-state index >= 15 is 0 Å². The Balaban J connectivity index is 1.84. The van der Waals surface area contributed by atoms with Crippen LogP contribution in [-0.2, 0) is 9.59 Å². The summed E-state index contributed by atoms with van der Waals surface area (Å²) in [5, 5.41) is 8.49. The first-order chi connectivity index (χ1) is 12.0. The minimum absolute atomic E-state index is 0.120. The van der Waals surface area contributed by atoms with Gasteiger partial charge in [-0.05, 0) is 55.3 Å². The van der Waals surface area contributed by atoms with Crippen molar-refractivity contribution < 1.29 is 9.59 Å². The smallest absolute Gasteiger partial charge is 0.271 e. The Labute approximate surface area is 154 Å². The lowest BCUT2D eigenvalue weighted by Crippen LogP contribution is -2.36. The molecule has 0 unspecified atom stereocenters. The van der Waals surface area contributed by atoms with Crippen LogP contribution in [0.1, 0.15) is 24.0 Å². The molecule has 0 aromatic heterocycles. The van der Waals surface area contributed by atoms with Crippen LogP contribution in [0.5, 0.6) is 0 Å². The number of nitrogens with zero attached hydrogens (tertiary/aromatic N) is 2. The first-order valence-electron chi connectivity index (χ1n) is 7.99. The number of hydrogen-bond acceptors (Lipinski definition) is 3. The highest BCUT2D eigenvalue weighted by Gasteiger charge is 2.25. The van der Waals surface area contributed by atoms with Crippen molar-refractivity contribution in [2.24, 2.45) is 5.10 Å². The maximum atomic E-state index is 12.6. The molecule has 0 radical (unpaired) electrons. The van der Waals surface area contributed by atoms with Crippen LogP contribution in [-0.4, -0.2) is 17.5 Å². The van der Waals surface area contributed by atoms with Gasteiger partial charge in [0.15, 0.2) is 0 Å². The molecule has 1 N–H and O–H groups in total. The largest absolute Gasteiger partial charge is 0.321 e. The van der Waals surface area contributed by atoms with E-state index in [4.69, 9.17) is 0 Å². The van der Waals surface area contributed by atoms with E-state index in [1.165, 1.54) is 5.01 Å². The van der Waals surface area contributed by atoms with E-state index in [0.717, 1.165) is 21.3 Å². The maximum Gasteiger partial charge on any atom is 0.271 e. The monoisotopic (exact) mass is 399 g/mol. The van der Waals surface area contributed by atoms with Crippen molar-refractivity contribution in [2.45, 2.75) is 26.7 Å². The fourth-order valence-electron chi connectivity index (χ4n) is 2.58. The molecule has 1 aliphatic heterocycles. The van der Waals surface area contributed by atoms with Crippen molar-refractivity contribution in [3.05, 3.63) is 58.1 Å². The third-order valence-corrected chi connectivity index (χ3v) is 4.75. The summed E-state index contributed by atoms with van der Waals surface area (Å²) in [7, 11) is 0. The number of benzene rings is 2. The van der Waals surface area contributed by atoms with Crippen molar-refractivity contribution in [1.29, 1.82) is 0 Å². The van der Waals surface area contributed by atoms with Gasteiger partial charge in [0.2, 0.25) is 5.91 Å². The Morgan fingerprint density at radius 2 is 1.84 bits per heavy atom. The van der Waals surface area contributed by atoms with E-state index in [1.807, 2.05) is 44.2 Å². The van der Waals surface area contributed by atoms with Gasteiger partial charge in [-0.2, -0.15) is 5.10 Å². The Bertz CT molecular complexity index is 859. The standard InChI is InChI=1S/C19H18BrN3O2/c1-12-4-3-5-16(13(12)2)21-19(25)17-10-11-18(24)23(22-17)15-8-6-14(20)7-9-15/h3-9H,10-11H2,1-2H3,(H,21,25). The van der Waals surface area contributed by atoms with Gasteiger partial charge < -0.3 is 5.32 Å². The lowest BCUT2D eigenvalue weighted by atomic mass is 10.1. The third-order valence-electron chi connectivity index (χ3n) is 4.22. The molecule has 25 heavy (non-hydrogen) atoms. The van der Waals surface area contributed by atoms with Crippen LogP contribution in [0.2, 0.25) is 0 Å². The van der Waals surface area contributed by atoms with Crippen LogP contribution in [0.15, 0.2) is 52.0 Å². The number of hydrazone groups is 1. The normalized spacial score (nSPS) is 14.3. The van der Waals surface area contributed by atoms with E-state index in [9.17, 15) is 9.59 Å². The predicted octanol–water partition coefficient (Wildman–Crippen LogP) is 4.19. The van der Waals surface area contributed by atoms with Gasteiger partial charge in [-0.1, -0.05) is 28.1 Å². The van der Waals surface area contributed by atoms with Crippen molar-refractivity contribution in [3.63, 3.8) is 0 Å². The summed E-state index contributed by atoms with van der Waals surface area (Å²) in [4.78, 5) is 24.8. The van der Waals surface area contributed by atoms with Gasteiger partial charge in [0.25, 0.3) is 5.91 Å². The molecule has 6 heteroatoms. The molecule has 0 bridgehead atoms. The number of carbonyl (C=O) groups excluding carboxylic acids is 2. The SMILES string of the molecule is Cc1cccc(NC(=O)C2=NN(c3ccc(Br)cc3)C(=O)CC2)c1C. The van der Waals surface area contributed by atoms with Gasteiger partial charge in [0.1, 0.15) is 5.71 Å². The molecule has 5 nitrogen and oxygen atoms in total. The molecule has 2 amide bonds. The van der Waals surface area contributed by atoms with Gasteiger partial charge in [0, 0.05) is 23.0 Å². The van der Waals surface area contributed by atoms with Gasteiger partial charge in [-0.25, -0.2) is 5.01 Å². The van der Waals surface area contributed by atoms with E-state index in [0.29, 0.717) is 17.8 Å². The molecule has 0 atom stereocenters. The molecule has 128 valence electrons. The lowest BCUT2D eigenvalue weighted by molar-refractivity contribution is -0.118. The average Bonchev–Trinajstić information content (AvgIpc) is 2.60. The lowest BCUT2D eigenvalue weighted by Gasteiger charge is -2.23. The average molecular weight is 400 g/mol. The zero-order chi connectivity index (χ0) is 18.0. The van der Waals surface area contributed by atoms with Crippen LogP contribution in [0.25, 0.3) is 0 Å². The minimum atomic E-state index is -0.275. The Kier molecular flexibility index (Phi) is 4.99. The molecule has 0 fully saturated rings. The second-order valence-corrected chi connectivity index (χ2v) is 6.85. The summed E-state index contributed by atoms with van der Waals surface area (Å²) < 4.78 is 0.914. The van der Waals surface area contributed by atoms with Crippen molar-refractivity contribution in [3.8, 4) is 0 Å². The first kappa shape index (κ1) is 17.4. The molecule has 2 aromatic rings. The zero-order valence-electron chi connectivity index (χ0n) is 14.0. The van der Waals surface area contributed by atoms with Gasteiger partial charge in [-0.15, -0.1) is 0 Å². The third kappa shape index (κ3) is 3.79. The Morgan fingerprint density at radius 3 is 2.56 bits per heavy atom. The van der Waals surface area contributed by atoms with Crippen LogP contribution in [0.4, 0.5) is 11.4 Å². The van der Waals surface area contributed by atoms with Crippen LogP contribution in [0, 0.1) is 13.8 Å². The van der Waals surface area contributed by atoms with Crippen molar-refractivity contribution in [2.75, 3.05) is 10.3 Å². The number of anilines is 2. The number of amides is 2. The van der Waals surface area contributed by atoms with E-state index in [1.54, 1.807) is 12.1 Å². The number of halogens is 1.